The van der Waals surface area contributed by atoms with Crippen molar-refractivity contribution in [3.05, 3.63) is 30.1 Å². The summed E-state index contributed by atoms with van der Waals surface area (Å²) in [5.74, 6) is -0.440. The second-order valence-electron chi connectivity index (χ2n) is 4.90. The Morgan fingerprint density at radius 1 is 1.44 bits per heavy atom. The van der Waals surface area contributed by atoms with Crippen LogP contribution in [0, 0.1) is 5.92 Å². The Balaban J connectivity index is 1.87. The third-order valence-electron chi connectivity index (χ3n) is 3.53. The lowest BCUT2D eigenvalue weighted by Crippen LogP contribution is -2.31. The van der Waals surface area contributed by atoms with Gasteiger partial charge in [0.1, 0.15) is 0 Å². The third kappa shape index (κ3) is 1.86. The fourth-order valence-electron chi connectivity index (χ4n) is 2.47. The summed E-state index contributed by atoms with van der Waals surface area (Å²) >= 11 is 0. The van der Waals surface area contributed by atoms with Crippen molar-refractivity contribution in [1.82, 2.24) is 9.55 Å². The van der Waals surface area contributed by atoms with E-state index in [0.29, 0.717) is 11.4 Å². The maximum absolute atomic E-state index is 10.9. The fourth-order valence-corrected chi connectivity index (χ4v) is 2.47. The molecule has 5 heteroatoms. The highest BCUT2D eigenvalue weighted by Crippen LogP contribution is 2.29. The SMILES string of the molecule is O=C(O)c1ccc2c(c1)ncn2CC1CC(O)C1. The average Bonchev–Trinajstić information content (AvgIpc) is 2.69. The largest absolute Gasteiger partial charge is 0.478 e. The lowest BCUT2D eigenvalue weighted by atomic mass is 9.82. The first kappa shape index (κ1) is 11.2. The number of aliphatic hydroxyl groups excluding tert-OH is 1. The molecule has 94 valence electrons. The van der Waals surface area contributed by atoms with Gasteiger partial charge in [-0.3, -0.25) is 0 Å². The molecule has 1 aromatic carbocycles. The number of imidazole rings is 1. The Hall–Kier alpha value is -1.88. The second kappa shape index (κ2) is 4.10. The number of aliphatic hydroxyl groups is 1. The summed E-state index contributed by atoms with van der Waals surface area (Å²) < 4.78 is 2.03. The van der Waals surface area contributed by atoms with Crippen LogP contribution in [-0.2, 0) is 6.54 Å². The van der Waals surface area contributed by atoms with E-state index >= 15 is 0 Å². The van der Waals surface area contributed by atoms with Crippen molar-refractivity contribution in [1.29, 1.82) is 0 Å². The number of benzene rings is 1. The van der Waals surface area contributed by atoms with Crippen LogP contribution in [0.15, 0.2) is 24.5 Å². The molecule has 2 aromatic rings. The molecule has 0 aliphatic heterocycles. The summed E-state index contributed by atoms with van der Waals surface area (Å²) in [5.41, 5.74) is 1.91. The summed E-state index contributed by atoms with van der Waals surface area (Å²) in [6, 6.07) is 4.98. The topological polar surface area (TPSA) is 75.3 Å². The second-order valence-corrected chi connectivity index (χ2v) is 4.90. The molecule has 0 atom stereocenters. The van der Waals surface area contributed by atoms with E-state index in [4.69, 9.17) is 5.11 Å². The first-order valence-corrected chi connectivity index (χ1v) is 6.00. The zero-order valence-electron chi connectivity index (χ0n) is 9.78. The van der Waals surface area contributed by atoms with Crippen molar-refractivity contribution in [3.63, 3.8) is 0 Å². The van der Waals surface area contributed by atoms with Crippen LogP contribution in [0.5, 0.6) is 0 Å². The van der Waals surface area contributed by atoms with Crippen LogP contribution < -0.4 is 0 Å². The molecule has 1 fully saturated rings. The minimum atomic E-state index is -0.937. The van der Waals surface area contributed by atoms with Gasteiger partial charge in [0.25, 0.3) is 0 Å². The molecule has 0 unspecified atom stereocenters. The number of carboxylic acid groups (broad SMARTS) is 1. The highest BCUT2D eigenvalue weighted by Gasteiger charge is 2.27. The van der Waals surface area contributed by atoms with Crippen LogP contribution >= 0.6 is 0 Å². The molecule has 2 N–H and O–H groups in total. The van der Waals surface area contributed by atoms with E-state index in [9.17, 15) is 9.90 Å². The predicted octanol–water partition coefficient (Wildman–Crippen LogP) is 1.51. The quantitative estimate of drug-likeness (QED) is 0.860. The fraction of sp³-hybridized carbons (Fsp3) is 0.385. The first-order chi connectivity index (χ1) is 8.63. The van der Waals surface area contributed by atoms with Gasteiger partial charge < -0.3 is 14.8 Å². The van der Waals surface area contributed by atoms with Gasteiger partial charge in [-0.25, -0.2) is 9.78 Å². The number of carboxylic acids is 1. The van der Waals surface area contributed by atoms with Crippen LogP contribution in [0.3, 0.4) is 0 Å². The Labute approximate surface area is 104 Å². The van der Waals surface area contributed by atoms with Crippen LogP contribution in [0.4, 0.5) is 0 Å². The Kier molecular flexibility index (Phi) is 2.56. The van der Waals surface area contributed by atoms with Gasteiger partial charge in [0.2, 0.25) is 0 Å². The van der Waals surface area contributed by atoms with Crippen molar-refractivity contribution in [2.45, 2.75) is 25.5 Å². The van der Waals surface area contributed by atoms with E-state index in [0.717, 1.165) is 24.9 Å². The Morgan fingerprint density at radius 3 is 2.89 bits per heavy atom. The molecule has 0 saturated heterocycles. The summed E-state index contributed by atoms with van der Waals surface area (Å²) in [6.07, 6.45) is 3.27. The van der Waals surface area contributed by atoms with Gasteiger partial charge in [-0.05, 0) is 37.0 Å². The molecule has 5 nitrogen and oxygen atoms in total. The minimum Gasteiger partial charge on any atom is -0.478 e. The maximum atomic E-state index is 10.9. The molecule has 0 amide bonds. The van der Waals surface area contributed by atoms with E-state index in [1.807, 2.05) is 4.57 Å². The zero-order valence-corrected chi connectivity index (χ0v) is 9.78. The molecular formula is C13H14N2O3. The van der Waals surface area contributed by atoms with Crippen molar-refractivity contribution in [2.24, 2.45) is 5.92 Å². The molecule has 0 bridgehead atoms. The normalized spacial score (nSPS) is 22.9. The van der Waals surface area contributed by atoms with Crippen LogP contribution in [0.2, 0.25) is 0 Å². The maximum Gasteiger partial charge on any atom is 0.335 e. The molecule has 1 aliphatic rings. The van der Waals surface area contributed by atoms with Crippen molar-refractivity contribution >= 4 is 17.0 Å². The number of aromatic carboxylic acids is 1. The minimum absolute atomic E-state index is 0.150. The number of fused-ring (bicyclic) bond motifs is 1. The van der Waals surface area contributed by atoms with E-state index < -0.39 is 5.97 Å². The standard InChI is InChI=1S/C13H14N2O3/c16-10-3-8(4-10)6-15-7-14-11-5-9(13(17)18)1-2-12(11)15/h1-2,5,7-8,10,16H,3-4,6H2,(H,17,18). The van der Waals surface area contributed by atoms with Crippen LogP contribution in [0.1, 0.15) is 23.2 Å². The van der Waals surface area contributed by atoms with Gasteiger partial charge in [0.15, 0.2) is 0 Å². The average molecular weight is 246 g/mol. The number of hydrogen-bond donors (Lipinski definition) is 2. The van der Waals surface area contributed by atoms with Gasteiger partial charge in [0.05, 0.1) is 29.0 Å². The van der Waals surface area contributed by atoms with E-state index in [1.54, 1.807) is 24.5 Å². The summed E-state index contributed by atoms with van der Waals surface area (Å²) in [5, 5.41) is 18.2. The van der Waals surface area contributed by atoms with Crippen LogP contribution in [0.25, 0.3) is 11.0 Å². The van der Waals surface area contributed by atoms with Crippen molar-refractivity contribution < 1.29 is 15.0 Å². The Bertz CT molecular complexity index is 599. The summed E-state index contributed by atoms with van der Waals surface area (Å²) in [7, 11) is 0. The molecule has 0 spiro atoms. The van der Waals surface area contributed by atoms with E-state index in [2.05, 4.69) is 4.98 Å². The van der Waals surface area contributed by atoms with Gasteiger partial charge in [-0.15, -0.1) is 0 Å². The van der Waals surface area contributed by atoms with Crippen molar-refractivity contribution in [3.8, 4) is 0 Å². The van der Waals surface area contributed by atoms with Crippen molar-refractivity contribution in [2.75, 3.05) is 0 Å². The van der Waals surface area contributed by atoms with E-state index in [1.165, 1.54) is 0 Å². The first-order valence-electron chi connectivity index (χ1n) is 6.00. The lowest BCUT2D eigenvalue weighted by molar-refractivity contribution is 0.0357. The molecule has 1 aliphatic carbocycles. The molecule has 18 heavy (non-hydrogen) atoms. The van der Waals surface area contributed by atoms with Gasteiger partial charge >= 0.3 is 5.97 Å². The lowest BCUT2D eigenvalue weighted by Gasteiger charge is -2.31. The number of nitrogens with zero attached hydrogens (tertiary/aromatic N) is 2. The summed E-state index contributed by atoms with van der Waals surface area (Å²) in [6.45, 7) is 0.833. The highest BCUT2D eigenvalue weighted by molar-refractivity contribution is 5.92. The molecular weight excluding hydrogens is 232 g/mol. The summed E-state index contributed by atoms with van der Waals surface area (Å²) in [4.78, 5) is 15.1. The van der Waals surface area contributed by atoms with Crippen LogP contribution in [-0.4, -0.2) is 31.8 Å². The number of hydrogen-bond acceptors (Lipinski definition) is 3. The number of aromatic nitrogens is 2. The molecule has 1 saturated carbocycles. The van der Waals surface area contributed by atoms with Gasteiger partial charge in [-0.1, -0.05) is 0 Å². The van der Waals surface area contributed by atoms with Gasteiger partial charge in [0, 0.05) is 6.54 Å². The monoisotopic (exact) mass is 246 g/mol. The van der Waals surface area contributed by atoms with Gasteiger partial charge in [-0.2, -0.15) is 0 Å². The molecule has 0 radical (unpaired) electrons. The predicted molar refractivity (Wildman–Crippen MR) is 65.4 cm³/mol. The Morgan fingerprint density at radius 2 is 2.22 bits per heavy atom. The smallest absolute Gasteiger partial charge is 0.335 e. The molecule has 1 heterocycles. The number of rotatable bonds is 3. The zero-order chi connectivity index (χ0) is 12.7. The third-order valence-corrected chi connectivity index (χ3v) is 3.53. The molecule has 3 rings (SSSR count). The van der Waals surface area contributed by atoms with E-state index in [-0.39, 0.29) is 11.7 Å². The highest BCUT2D eigenvalue weighted by atomic mass is 16.4. The number of carbonyl (C=O) groups is 1. The molecule has 1 aromatic heterocycles.